The predicted octanol–water partition coefficient (Wildman–Crippen LogP) is 7.38. The van der Waals surface area contributed by atoms with E-state index in [1.165, 1.54) is 57.8 Å². The van der Waals surface area contributed by atoms with E-state index in [0.717, 1.165) is 48.3 Å². The Balaban J connectivity index is 1.50. The van der Waals surface area contributed by atoms with Gasteiger partial charge in [-0.25, -0.2) is 0 Å². The molecule has 6 unspecified atom stereocenters. The second-order valence-electron chi connectivity index (χ2n) is 12.7. The van der Waals surface area contributed by atoms with Crippen LogP contribution < -0.4 is 0 Å². The van der Waals surface area contributed by atoms with Gasteiger partial charge < -0.3 is 10.4 Å². The van der Waals surface area contributed by atoms with Crippen LogP contribution in [0.25, 0.3) is 0 Å². The molecular weight excluding hydrogens is 384 g/mol. The van der Waals surface area contributed by atoms with Crippen molar-refractivity contribution >= 4 is 11.4 Å². The van der Waals surface area contributed by atoms with Crippen LogP contribution in [0.2, 0.25) is 0 Å². The summed E-state index contributed by atoms with van der Waals surface area (Å²) in [5.74, 6) is 5.53. The predicted molar refractivity (Wildman–Crippen MR) is 127 cm³/mol. The fourth-order valence-corrected chi connectivity index (χ4v) is 9.18. The van der Waals surface area contributed by atoms with Crippen LogP contribution in [0.15, 0.2) is 10.3 Å². The summed E-state index contributed by atoms with van der Waals surface area (Å²) in [6, 6.07) is 0. The normalized spacial score (nSPS) is 46.1. The lowest BCUT2D eigenvalue weighted by Gasteiger charge is -2.60. The van der Waals surface area contributed by atoms with Gasteiger partial charge in [0, 0.05) is 6.42 Å². The summed E-state index contributed by atoms with van der Waals surface area (Å²) in [4.78, 5) is 0. The number of nitrogens with zero attached hydrogens (tertiary/aromatic N) is 2. The highest BCUT2D eigenvalue weighted by molar-refractivity contribution is 6.42. The van der Waals surface area contributed by atoms with Crippen molar-refractivity contribution in [2.45, 2.75) is 105 Å². The van der Waals surface area contributed by atoms with E-state index in [-0.39, 0.29) is 5.41 Å². The number of oxime groups is 2. The standard InChI is InChI=1S/C27H46N2O2/c1-17(2)7-6-8-18(3)21-11-12-22-20-10-9-19-15-24(28-30)25(29-31)16-27(19,5)23(20)13-14-26(21,22)4/h17-23,30-31H,6-16H2,1-5H3/b28-24-,29-25-/t18-,19+,20?,21?,22?,23?,26?,27?/m1/s1. The van der Waals surface area contributed by atoms with Crippen molar-refractivity contribution < 1.29 is 10.4 Å². The van der Waals surface area contributed by atoms with Gasteiger partial charge in [0.1, 0.15) is 11.4 Å². The molecule has 2 N–H and O–H groups in total. The Morgan fingerprint density at radius 2 is 1.58 bits per heavy atom. The van der Waals surface area contributed by atoms with E-state index < -0.39 is 0 Å². The van der Waals surface area contributed by atoms with Gasteiger partial charge in [-0.2, -0.15) is 0 Å². The van der Waals surface area contributed by atoms with E-state index >= 15 is 0 Å². The van der Waals surface area contributed by atoms with Gasteiger partial charge in [-0.3, -0.25) is 0 Å². The average Bonchev–Trinajstić information content (AvgIpc) is 3.09. The Morgan fingerprint density at radius 1 is 0.871 bits per heavy atom. The molecule has 4 fully saturated rings. The maximum Gasteiger partial charge on any atom is 0.105 e. The zero-order chi connectivity index (χ0) is 22.4. The topological polar surface area (TPSA) is 65.2 Å². The molecule has 4 aliphatic carbocycles. The van der Waals surface area contributed by atoms with Crippen molar-refractivity contribution in [3.05, 3.63) is 0 Å². The Kier molecular flexibility index (Phi) is 6.49. The first-order chi connectivity index (χ1) is 14.7. The highest BCUT2D eigenvalue weighted by atomic mass is 16.4. The van der Waals surface area contributed by atoms with Gasteiger partial charge in [-0.1, -0.05) is 64.2 Å². The summed E-state index contributed by atoms with van der Waals surface area (Å²) < 4.78 is 0. The summed E-state index contributed by atoms with van der Waals surface area (Å²) >= 11 is 0. The van der Waals surface area contributed by atoms with Gasteiger partial charge >= 0.3 is 0 Å². The van der Waals surface area contributed by atoms with Crippen LogP contribution >= 0.6 is 0 Å². The van der Waals surface area contributed by atoms with Crippen molar-refractivity contribution in [2.75, 3.05) is 0 Å². The van der Waals surface area contributed by atoms with Crippen LogP contribution in [0.4, 0.5) is 0 Å². The molecule has 0 saturated heterocycles. The summed E-state index contributed by atoms with van der Waals surface area (Å²) in [7, 11) is 0. The summed E-state index contributed by atoms with van der Waals surface area (Å²) in [6.07, 6.45) is 13.8. The van der Waals surface area contributed by atoms with Gasteiger partial charge in [0.25, 0.3) is 0 Å². The van der Waals surface area contributed by atoms with E-state index in [1.54, 1.807) is 0 Å². The van der Waals surface area contributed by atoms with Gasteiger partial charge in [-0.05, 0) is 97.2 Å². The van der Waals surface area contributed by atoms with Crippen molar-refractivity contribution in [1.82, 2.24) is 0 Å². The molecule has 0 aromatic rings. The van der Waals surface area contributed by atoms with E-state index in [0.29, 0.717) is 22.8 Å². The Labute approximate surface area is 189 Å². The number of fused-ring (bicyclic) bond motifs is 5. The lowest BCUT2D eigenvalue weighted by molar-refractivity contribution is -0.0976. The highest BCUT2D eigenvalue weighted by Crippen LogP contribution is 2.68. The van der Waals surface area contributed by atoms with E-state index in [1.807, 2.05) is 0 Å². The van der Waals surface area contributed by atoms with Crippen LogP contribution in [0.3, 0.4) is 0 Å². The zero-order valence-electron chi connectivity index (χ0n) is 20.6. The fraction of sp³-hybridized carbons (Fsp3) is 0.926. The molecule has 8 atom stereocenters. The first kappa shape index (κ1) is 23.1. The van der Waals surface area contributed by atoms with E-state index in [2.05, 4.69) is 44.9 Å². The van der Waals surface area contributed by atoms with Crippen molar-refractivity contribution in [3.8, 4) is 0 Å². The molecule has 0 aliphatic heterocycles. The van der Waals surface area contributed by atoms with Crippen LogP contribution in [-0.4, -0.2) is 21.8 Å². The molecule has 0 aromatic heterocycles. The lowest BCUT2D eigenvalue weighted by Crippen LogP contribution is -2.55. The molecule has 0 radical (unpaired) electrons. The monoisotopic (exact) mass is 430 g/mol. The van der Waals surface area contributed by atoms with Crippen LogP contribution in [0.5, 0.6) is 0 Å². The molecule has 4 heteroatoms. The molecule has 4 saturated carbocycles. The first-order valence-corrected chi connectivity index (χ1v) is 13.2. The third-order valence-corrected chi connectivity index (χ3v) is 10.8. The molecule has 4 rings (SSSR count). The van der Waals surface area contributed by atoms with Crippen molar-refractivity contribution in [2.24, 2.45) is 62.6 Å². The molecule has 4 nitrogen and oxygen atoms in total. The quantitative estimate of drug-likeness (QED) is 0.353. The Bertz CT molecular complexity index is 716. The minimum absolute atomic E-state index is 0.182. The Hall–Kier alpha value is -1.06. The minimum Gasteiger partial charge on any atom is -0.411 e. The molecule has 31 heavy (non-hydrogen) atoms. The largest absolute Gasteiger partial charge is 0.411 e. The second-order valence-corrected chi connectivity index (χ2v) is 12.7. The van der Waals surface area contributed by atoms with Gasteiger partial charge in [0.2, 0.25) is 0 Å². The van der Waals surface area contributed by atoms with E-state index in [9.17, 15) is 10.4 Å². The first-order valence-electron chi connectivity index (χ1n) is 13.2. The van der Waals surface area contributed by atoms with E-state index in [4.69, 9.17) is 0 Å². The van der Waals surface area contributed by atoms with Gasteiger partial charge in [0.15, 0.2) is 0 Å². The molecule has 0 spiro atoms. The minimum atomic E-state index is 0.182. The molecule has 0 heterocycles. The molecule has 4 aliphatic rings. The van der Waals surface area contributed by atoms with Crippen LogP contribution in [-0.2, 0) is 0 Å². The van der Waals surface area contributed by atoms with Crippen molar-refractivity contribution in [1.29, 1.82) is 0 Å². The van der Waals surface area contributed by atoms with Gasteiger partial charge in [-0.15, -0.1) is 0 Å². The lowest BCUT2D eigenvalue weighted by atomic mass is 9.44. The van der Waals surface area contributed by atoms with Crippen LogP contribution in [0.1, 0.15) is 105 Å². The molecule has 176 valence electrons. The van der Waals surface area contributed by atoms with Crippen molar-refractivity contribution in [3.63, 3.8) is 0 Å². The third kappa shape index (κ3) is 3.84. The maximum atomic E-state index is 9.58. The van der Waals surface area contributed by atoms with Crippen LogP contribution in [0, 0.1) is 52.3 Å². The maximum absolute atomic E-state index is 9.58. The zero-order valence-corrected chi connectivity index (χ0v) is 20.6. The molecule has 0 aromatic carbocycles. The Morgan fingerprint density at radius 3 is 2.26 bits per heavy atom. The second kappa shape index (κ2) is 8.71. The third-order valence-electron chi connectivity index (χ3n) is 10.8. The highest BCUT2D eigenvalue weighted by Gasteiger charge is 2.61. The summed E-state index contributed by atoms with van der Waals surface area (Å²) in [6.45, 7) is 12.4. The average molecular weight is 431 g/mol. The summed E-state index contributed by atoms with van der Waals surface area (Å²) in [5.41, 5.74) is 1.93. The number of rotatable bonds is 5. The molecule has 0 bridgehead atoms. The SMILES string of the molecule is CC(C)CCC[C@@H](C)C1CCC2C3CC[C@H]4CC(=N/O)/C(=N\O)CC4(C)C3CCC21C. The molecular formula is C27H46N2O2. The number of hydrogen-bond acceptors (Lipinski definition) is 4. The smallest absolute Gasteiger partial charge is 0.105 e. The summed E-state index contributed by atoms with van der Waals surface area (Å²) in [5, 5.41) is 26.0. The number of hydrogen-bond donors (Lipinski definition) is 2. The van der Waals surface area contributed by atoms with Gasteiger partial charge in [0.05, 0.1) is 0 Å². The fourth-order valence-electron chi connectivity index (χ4n) is 9.18. The molecule has 0 amide bonds.